The van der Waals surface area contributed by atoms with E-state index in [9.17, 15) is 29.4 Å². The van der Waals surface area contributed by atoms with E-state index in [4.69, 9.17) is 9.47 Å². The molecule has 1 saturated heterocycles. The van der Waals surface area contributed by atoms with Crippen LogP contribution in [-0.4, -0.2) is 60.9 Å². The predicted octanol–water partition coefficient (Wildman–Crippen LogP) is 2.22. The van der Waals surface area contributed by atoms with Crippen LogP contribution in [0.5, 0.6) is 0 Å². The highest BCUT2D eigenvalue weighted by molar-refractivity contribution is 6.21. The molecular weight excluding hydrogens is 554 g/mol. The van der Waals surface area contributed by atoms with Crippen LogP contribution in [0.4, 0.5) is 0 Å². The van der Waals surface area contributed by atoms with Crippen LogP contribution in [0, 0.1) is 0 Å². The highest BCUT2D eigenvalue weighted by atomic mass is 16.6. The van der Waals surface area contributed by atoms with Crippen molar-refractivity contribution in [3.05, 3.63) is 103 Å². The quantitative estimate of drug-likeness (QED) is 0.254. The van der Waals surface area contributed by atoms with Gasteiger partial charge in [0.25, 0.3) is 17.4 Å². The third-order valence-corrected chi connectivity index (χ3v) is 8.87. The number of hydrogen-bond donors (Lipinski definition) is 3. The van der Waals surface area contributed by atoms with Crippen LogP contribution >= 0.6 is 0 Å². The van der Waals surface area contributed by atoms with Gasteiger partial charge in [0.2, 0.25) is 0 Å². The number of fused-ring (bicyclic) bond motifs is 2. The topological polar surface area (TPSA) is 151 Å². The lowest BCUT2D eigenvalue weighted by Gasteiger charge is -2.41. The highest BCUT2D eigenvalue weighted by Gasteiger charge is 2.59. The highest BCUT2D eigenvalue weighted by Crippen LogP contribution is 2.46. The smallest absolute Gasteiger partial charge is 0.330 e. The standard InChI is InChI=1S/C32H35N3O8/c1-2-3-4-5-8-20-13-19(16-35-28(39)22-9-6-7-10-23(22)29(35)40)14-21-18-42-32(15-24(20)21)25(17-36)43-30(27(32)38)34-12-11-26(37)33-31(34)41/h6-7,9-14,25,27,30,36,38H,2-5,8,15-18H2,1H3,(H,33,37,41)/t25-,27+,30-,32-/m1/s1. The van der Waals surface area contributed by atoms with Gasteiger partial charge in [-0.3, -0.25) is 28.8 Å². The molecule has 0 radical (unpaired) electrons. The van der Waals surface area contributed by atoms with Gasteiger partial charge in [0.05, 0.1) is 30.9 Å². The Labute approximate surface area is 247 Å². The largest absolute Gasteiger partial charge is 0.394 e. The van der Waals surface area contributed by atoms with Crippen molar-refractivity contribution in [1.82, 2.24) is 14.5 Å². The van der Waals surface area contributed by atoms with Crippen LogP contribution in [0.25, 0.3) is 0 Å². The van der Waals surface area contributed by atoms with E-state index in [1.54, 1.807) is 24.3 Å². The maximum absolute atomic E-state index is 13.1. The number of aryl methyl sites for hydroxylation is 1. The summed E-state index contributed by atoms with van der Waals surface area (Å²) >= 11 is 0. The maximum atomic E-state index is 13.1. The summed E-state index contributed by atoms with van der Waals surface area (Å²) in [7, 11) is 0. The van der Waals surface area contributed by atoms with Gasteiger partial charge in [-0.1, -0.05) is 50.5 Å². The fraction of sp³-hybridized carbons (Fsp3) is 0.438. The second kappa shape index (κ2) is 11.6. The first-order chi connectivity index (χ1) is 20.8. The second-order valence-corrected chi connectivity index (χ2v) is 11.5. The molecule has 6 rings (SSSR count). The van der Waals surface area contributed by atoms with Crippen LogP contribution in [-0.2, 0) is 35.5 Å². The number of benzene rings is 2. The molecule has 226 valence electrons. The zero-order valence-electron chi connectivity index (χ0n) is 24.0. The van der Waals surface area contributed by atoms with Gasteiger partial charge in [0.15, 0.2) is 6.23 Å². The van der Waals surface area contributed by atoms with Crippen molar-refractivity contribution in [2.75, 3.05) is 6.61 Å². The molecule has 3 aromatic rings. The molecule has 4 heterocycles. The average molecular weight is 590 g/mol. The van der Waals surface area contributed by atoms with Crippen molar-refractivity contribution in [3.63, 3.8) is 0 Å². The minimum Gasteiger partial charge on any atom is -0.394 e. The zero-order chi connectivity index (χ0) is 30.3. The Balaban J connectivity index is 1.33. The molecular formula is C32H35N3O8. The molecule has 1 aromatic heterocycles. The van der Waals surface area contributed by atoms with Gasteiger partial charge in [0, 0.05) is 18.7 Å². The molecule has 3 N–H and O–H groups in total. The number of ether oxygens (including phenoxy) is 2. The molecule has 0 unspecified atom stereocenters. The number of unbranched alkanes of at least 4 members (excludes halogenated alkanes) is 3. The third-order valence-electron chi connectivity index (χ3n) is 8.87. The maximum Gasteiger partial charge on any atom is 0.330 e. The molecule has 2 aromatic carbocycles. The van der Waals surface area contributed by atoms with Gasteiger partial charge in [-0.2, -0.15) is 0 Å². The number of aliphatic hydroxyl groups is 2. The number of hydrogen-bond acceptors (Lipinski definition) is 8. The molecule has 1 spiro atoms. The van der Waals surface area contributed by atoms with Crippen LogP contribution in [0.3, 0.4) is 0 Å². The molecule has 0 aliphatic carbocycles. The molecule has 3 aliphatic heterocycles. The van der Waals surface area contributed by atoms with E-state index in [2.05, 4.69) is 11.9 Å². The van der Waals surface area contributed by atoms with Crippen LogP contribution in [0.2, 0.25) is 0 Å². The minimum atomic E-state index is -1.34. The summed E-state index contributed by atoms with van der Waals surface area (Å²) in [4.78, 5) is 53.7. The third kappa shape index (κ3) is 5.06. The molecule has 0 saturated carbocycles. The molecule has 3 aliphatic rings. The van der Waals surface area contributed by atoms with Gasteiger partial charge in [0.1, 0.15) is 17.8 Å². The lowest BCUT2D eigenvalue weighted by Crippen LogP contribution is -2.55. The number of aromatic nitrogens is 2. The van der Waals surface area contributed by atoms with E-state index in [1.807, 2.05) is 12.1 Å². The van der Waals surface area contributed by atoms with Gasteiger partial charge < -0.3 is 19.7 Å². The Hall–Kier alpha value is -3.90. The monoisotopic (exact) mass is 589 g/mol. The average Bonchev–Trinajstić information content (AvgIpc) is 3.40. The Kier molecular flexibility index (Phi) is 7.91. The van der Waals surface area contributed by atoms with E-state index in [-0.39, 0.29) is 31.4 Å². The summed E-state index contributed by atoms with van der Waals surface area (Å²) in [5, 5.41) is 21.9. The number of carbonyl (C=O) groups is 2. The van der Waals surface area contributed by atoms with Gasteiger partial charge in [-0.05, 0) is 47.2 Å². The summed E-state index contributed by atoms with van der Waals surface area (Å²) in [5.74, 6) is -0.642. The van der Waals surface area contributed by atoms with E-state index in [0.29, 0.717) is 11.1 Å². The second-order valence-electron chi connectivity index (χ2n) is 11.5. The Morgan fingerprint density at radius 3 is 2.44 bits per heavy atom. The molecule has 4 atom stereocenters. The number of imide groups is 1. The molecule has 2 amide bonds. The fourth-order valence-electron chi connectivity index (χ4n) is 6.62. The first kappa shape index (κ1) is 29.2. The molecule has 11 nitrogen and oxygen atoms in total. The normalized spacial score (nSPS) is 24.5. The van der Waals surface area contributed by atoms with Crippen molar-refractivity contribution in [2.45, 2.75) is 82.6 Å². The number of aliphatic hydroxyl groups excluding tert-OH is 2. The zero-order valence-corrected chi connectivity index (χ0v) is 24.0. The minimum absolute atomic E-state index is 0.0947. The Bertz CT molecular complexity index is 1640. The van der Waals surface area contributed by atoms with Gasteiger partial charge >= 0.3 is 5.69 Å². The molecule has 11 heteroatoms. The number of aromatic amines is 1. The van der Waals surface area contributed by atoms with Gasteiger partial charge in [-0.15, -0.1) is 0 Å². The number of nitrogens with one attached hydrogen (secondary N) is 1. The van der Waals surface area contributed by atoms with Crippen LogP contribution < -0.4 is 11.2 Å². The fourth-order valence-corrected chi connectivity index (χ4v) is 6.62. The lowest BCUT2D eigenvalue weighted by molar-refractivity contribution is -0.152. The lowest BCUT2D eigenvalue weighted by atomic mass is 9.79. The number of amides is 2. The van der Waals surface area contributed by atoms with Crippen molar-refractivity contribution in [3.8, 4) is 0 Å². The predicted molar refractivity (Wildman–Crippen MR) is 154 cm³/mol. The number of nitrogens with zero attached hydrogens (tertiary/aromatic N) is 2. The van der Waals surface area contributed by atoms with E-state index < -0.39 is 41.9 Å². The van der Waals surface area contributed by atoms with E-state index in [1.165, 1.54) is 11.1 Å². The number of H-pyrrole nitrogens is 1. The van der Waals surface area contributed by atoms with Gasteiger partial charge in [-0.25, -0.2) is 4.79 Å². The molecule has 1 fully saturated rings. The summed E-state index contributed by atoms with van der Waals surface area (Å²) in [6.45, 7) is 1.91. The van der Waals surface area contributed by atoms with Crippen molar-refractivity contribution < 1.29 is 29.3 Å². The van der Waals surface area contributed by atoms with E-state index >= 15 is 0 Å². The molecule has 43 heavy (non-hydrogen) atoms. The number of rotatable bonds is 9. The number of carbonyl (C=O) groups excluding carboxylic acids is 2. The summed E-state index contributed by atoms with van der Waals surface area (Å²) < 4.78 is 13.4. The SMILES string of the molecule is CCCCCCc1cc(CN2C(=O)c3ccccc3C2=O)cc2c1C[C@@]1(OC2)[C@@H](CO)O[C@@H](n2ccc(=O)[nH]c2=O)[C@@H]1O. The molecule has 0 bridgehead atoms. The van der Waals surface area contributed by atoms with Crippen molar-refractivity contribution in [2.24, 2.45) is 0 Å². The van der Waals surface area contributed by atoms with Crippen LogP contribution in [0.1, 0.15) is 81.8 Å². The summed E-state index contributed by atoms with van der Waals surface area (Å²) in [5.41, 5.74) is 1.81. The Morgan fingerprint density at radius 2 is 1.77 bits per heavy atom. The summed E-state index contributed by atoms with van der Waals surface area (Å²) in [6, 6.07) is 11.9. The first-order valence-corrected chi connectivity index (χ1v) is 14.8. The summed E-state index contributed by atoms with van der Waals surface area (Å²) in [6.07, 6.45) is 2.93. The van der Waals surface area contributed by atoms with Crippen molar-refractivity contribution >= 4 is 11.8 Å². The van der Waals surface area contributed by atoms with E-state index in [0.717, 1.165) is 65.0 Å². The van der Waals surface area contributed by atoms with Crippen LogP contribution in [0.15, 0.2) is 58.3 Å². The Morgan fingerprint density at radius 1 is 1.02 bits per heavy atom. The first-order valence-electron chi connectivity index (χ1n) is 14.8. The van der Waals surface area contributed by atoms with Crippen molar-refractivity contribution in [1.29, 1.82) is 0 Å².